The summed E-state index contributed by atoms with van der Waals surface area (Å²) in [5.41, 5.74) is 0.983. The number of rotatable bonds is 7. The van der Waals surface area contributed by atoms with Gasteiger partial charge in [0.25, 0.3) is 0 Å². The van der Waals surface area contributed by atoms with Crippen molar-refractivity contribution in [3.8, 4) is 0 Å². The molecule has 1 aliphatic carbocycles. The molecule has 1 fully saturated rings. The second kappa shape index (κ2) is 6.66. The normalized spacial score (nSPS) is 14.4. The number of benzene rings is 1. The molecule has 1 aromatic carbocycles. The number of carbonyl (C=O) groups is 1. The summed E-state index contributed by atoms with van der Waals surface area (Å²) in [6, 6.07) is 6.76. The molecule has 0 heterocycles. The van der Waals surface area contributed by atoms with Gasteiger partial charge < -0.3 is 10.2 Å². The summed E-state index contributed by atoms with van der Waals surface area (Å²) in [5.74, 6) is -0.0991. The number of amides is 1. The minimum absolute atomic E-state index is 0.139. The van der Waals surface area contributed by atoms with Crippen LogP contribution in [0, 0.1) is 5.82 Å². The molecular weight excluding hydrogens is 243 g/mol. The first-order valence-electron chi connectivity index (χ1n) is 6.95. The van der Waals surface area contributed by atoms with Gasteiger partial charge >= 0.3 is 0 Å². The smallest absolute Gasteiger partial charge is 0.237 e. The highest BCUT2D eigenvalue weighted by molar-refractivity contribution is 5.79. The van der Waals surface area contributed by atoms with E-state index in [4.69, 9.17) is 0 Å². The summed E-state index contributed by atoms with van der Waals surface area (Å²) in [7, 11) is 0. The Kier molecular flexibility index (Phi) is 4.91. The van der Waals surface area contributed by atoms with E-state index in [1.165, 1.54) is 12.1 Å². The molecule has 4 heteroatoms. The van der Waals surface area contributed by atoms with Crippen molar-refractivity contribution in [3.63, 3.8) is 0 Å². The van der Waals surface area contributed by atoms with Gasteiger partial charge in [0.2, 0.25) is 5.91 Å². The minimum Gasteiger partial charge on any atom is -0.334 e. The van der Waals surface area contributed by atoms with Gasteiger partial charge in [-0.05, 0) is 43.5 Å². The second-order valence-corrected chi connectivity index (χ2v) is 5.06. The van der Waals surface area contributed by atoms with Gasteiger partial charge in [0.05, 0.1) is 6.54 Å². The molecule has 2 rings (SSSR count). The van der Waals surface area contributed by atoms with Crippen LogP contribution >= 0.6 is 0 Å². The Morgan fingerprint density at radius 2 is 2.05 bits per heavy atom. The van der Waals surface area contributed by atoms with Crippen molar-refractivity contribution in [2.24, 2.45) is 0 Å². The lowest BCUT2D eigenvalue weighted by Gasteiger charge is -2.23. The van der Waals surface area contributed by atoms with Gasteiger partial charge in [-0.15, -0.1) is 0 Å². The Morgan fingerprint density at radius 3 is 2.63 bits per heavy atom. The van der Waals surface area contributed by atoms with Gasteiger partial charge in [-0.25, -0.2) is 4.39 Å². The lowest BCUT2D eigenvalue weighted by atomic mass is 10.2. The van der Waals surface area contributed by atoms with Gasteiger partial charge in [-0.1, -0.05) is 19.1 Å². The van der Waals surface area contributed by atoms with Crippen LogP contribution in [0.2, 0.25) is 0 Å². The van der Waals surface area contributed by atoms with Crippen LogP contribution in [0.5, 0.6) is 0 Å². The van der Waals surface area contributed by atoms with Gasteiger partial charge in [0.15, 0.2) is 0 Å². The first kappa shape index (κ1) is 14.0. The summed E-state index contributed by atoms with van der Waals surface area (Å²) in [4.78, 5) is 14.1. The van der Waals surface area contributed by atoms with Crippen molar-refractivity contribution in [2.75, 3.05) is 13.1 Å². The lowest BCUT2D eigenvalue weighted by molar-refractivity contribution is -0.131. The lowest BCUT2D eigenvalue weighted by Crippen LogP contribution is -2.39. The van der Waals surface area contributed by atoms with E-state index in [2.05, 4.69) is 12.2 Å². The number of nitrogens with zero attached hydrogens (tertiary/aromatic N) is 1. The predicted molar refractivity (Wildman–Crippen MR) is 73.1 cm³/mol. The zero-order valence-electron chi connectivity index (χ0n) is 11.4. The SMILES string of the molecule is CCCNCC(=O)N(Cc1ccc(F)cc1)C1CC1. The molecule has 1 amide bonds. The molecule has 0 atom stereocenters. The summed E-state index contributed by atoms with van der Waals surface area (Å²) in [5, 5.41) is 3.14. The third kappa shape index (κ3) is 4.31. The molecule has 19 heavy (non-hydrogen) atoms. The molecule has 1 aromatic rings. The fourth-order valence-electron chi connectivity index (χ4n) is 2.07. The van der Waals surface area contributed by atoms with Crippen LogP contribution in [-0.2, 0) is 11.3 Å². The second-order valence-electron chi connectivity index (χ2n) is 5.06. The third-order valence-electron chi connectivity index (χ3n) is 3.28. The minimum atomic E-state index is -0.238. The maximum Gasteiger partial charge on any atom is 0.237 e. The molecule has 104 valence electrons. The Labute approximate surface area is 113 Å². The summed E-state index contributed by atoms with van der Waals surface area (Å²) < 4.78 is 12.9. The molecule has 0 spiro atoms. The number of nitrogens with one attached hydrogen (secondary N) is 1. The number of hydrogen-bond acceptors (Lipinski definition) is 2. The molecule has 0 aromatic heterocycles. The fourth-order valence-corrected chi connectivity index (χ4v) is 2.07. The van der Waals surface area contributed by atoms with E-state index < -0.39 is 0 Å². The molecule has 0 radical (unpaired) electrons. The molecule has 0 unspecified atom stereocenters. The molecule has 0 aliphatic heterocycles. The van der Waals surface area contributed by atoms with E-state index in [0.717, 1.165) is 31.4 Å². The summed E-state index contributed by atoms with van der Waals surface area (Å²) in [6.45, 7) is 3.92. The number of halogens is 1. The predicted octanol–water partition coefficient (Wildman–Crippen LogP) is 2.32. The molecule has 0 bridgehead atoms. The van der Waals surface area contributed by atoms with E-state index in [9.17, 15) is 9.18 Å². The van der Waals surface area contributed by atoms with Crippen molar-refractivity contribution in [1.82, 2.24) is 10.2 Å². The first-order chi connectivity index (χ1) is 9.20. The Hall–Kier alpha value is -1.42. The van der Waals surface area contributed by atoms with Crippen LogP contribution in [-0.4, -0.2) is 29.9 Å². The van der Waals surface area contributed by atoms with Crippen LogP contribution in [0.4, 0.5) is 4.39 Å². The van der Waals surface area contributed by atoms with Crippen molar-refractivity contribution in [2.45, 2.75) is 38.8 Å². The van der Waals surface area contributed by atoms with Crippen molar-refractivity contribution < 1.29 is 9.18 Å². The summed E-state index contributed by atoms with van der Waals surface area (Å²) in [6.07, 6.45) is 3.19. The standard InChI is InChI=1S/C15H21FN2O/c1-2-9-17-10-15(19)18(14-7-8-14)11-12-3-5-13(16)6-4-12/h3-6,14,17H,2,7-11H2,1H3. The van der Waals surface area contributed by atoms with E-state index in [1.54, 1.807) is 12.1 Å². The molecular formula is C15H21FN2O. The maximum atomic E-state index is 12.9. The van der Waals surface area contributed by atoms with Crippen LogP contribution < -0.4 is 5.32 Å². The Bertz CT molecular complexity index is 415. The van der Waals surface area contributed by atoms with Gasteiger partial charge in [-0.2, -0.15) is 0 Å². The van der Waals surface area contributed by atoms with Crippen LogP contribution in [0.3, 0.4) is 0 Å². The average Bonchev–Trinajstić information content (AvgIpc) is 3.22. The van der Waals surface area contributed by atoms with E-state index in [1.807, 2.05) is 4.90 Å². The monoisotopic (exact) mass is 264 g/mol. The van der Waals surface area contributed by atoms with E-state index >= 15 is 0 Å². The fraction of sp³-hybridized carbons (Fsp3) is 0.533. The number of hydrogen-bond donors (Lipinski definition) is 1. The highest BCUT2D eigenvalue weighted by atomic mass is 19.1. The molecule has 1 N–H and O–H groups in total. The zero-order valence-corrected chi connectivity index (χ0v) is 11.4. The van der Waals surface area contributed by atoms with Crippen LogP contribution in [0.15, 0.2) is 24.3 Å². The van der Waals surface area contributed by atoms with E-state index in [-0.39, 0.29) is 11.7 Å². The largest absolute Gasteiger partial charge is 0.334 e. The molecule has 1 aliphatic rings. The maximum absolute atomic E-state index is 12.9. The van der Waals surface area contributed by atoms with Crippen LogP contribution in [0.25, 0.3) is 0 Å². The van der Waals surface area contributed by atoms with Gasteiger partial charge in [0, 0.05) is 12.6 Å². The quantitative estimate of drug-likeness (QED) is 0.767. The highest BCUT2D eigenvalue weighted by Gasteiger charge is 2.32. The third-order valence-corrected chi connectivity index (χ3v) is 3.28. The van der Waals surface area contributed by atoms with Gasteiger partial charge in [-0.3, -0.25) is 4.79 Å². The van der Waals surface area contributed by atoms with Crippen molar-refractivity contribution in [1.29, 1.82) is 0 Å². The first-order valence-corrected chi connectivity index (χ1v) is 6.95. The number of carbonyl (C=O) groups excluding carboxylic acids is 1. The average molecular weight is 264 g/mol. The Balaban J connectivity index is 1.92. The van der Waals surface area contributed by atoms with E-state index in [0.29, 0.717) is 19.1 Å². The van der Waals surface area contributed by atoms with Crippen molar-refractivity contribution >= 4 is 5.91 Å². The highest BCUT2D eigenvalue weighted by Crippen LogP contribution is 2.28. The Morgan fingerprint density at radius 1 is 1.37 bits per heavy atom. The van der Waals surface area contributed by atoms with Crippen LogP contribution in [0.1, 0.15) is 31.7 Å². The molecule has 3 nitrogen and oxygen atoms in total. The topological polar surface area (TPSA) is 32.3 Å². The van der Waals surface area contributed by atoms with Gasteiger partial charge in [0.1, 0.15) is 5.82 Å². The zero-order chi connectivity index (χ0) is 13.7. The summed E-state index contributed by atoms with van der Waals surface area (Å²) >= 11 is 0. The molecule has 0 saturated heterocycles. The molecule has 1 saturated carbocycles. The van der Waals surface area contributed by atoms with Crippen molar-refractivity contribution in [3.05, 3.63) is 35.6 Å².